The number of anilines is 1. The average molecular weight is 261 g/mol. The van der Waals surface area contributed by atoms with Gasteiger partial charge < -0.3 is 27.4 Å². The van der Waals surface area contributed by atoms with Crippen LogP contribution in [0.25, 0.3) is 0 Å². The van der Waals surface area contributed by atoms with Crippen molar-refractivity contribution in [3.05, 3.63) is 24.3 Å². The first-order valence-corrected chi connectivity index (χ1v) is 6.14. The van der Waals surface area contributed by atoms with Crippen LogP contribution in [0.3, 0.4) is 0 Å². The zero-order valence-corrected chi connectivity index (χ0v) is 10.7. The maximum Gasteiger partial charge on any atom is 0.223 e. The highest BCUT2D eigenvalue weighted by atomic mass is 15.2. The largest absolute Gasteiger partial charge is 0.370 e. The van der Waals surface area contributed by atoms with Crippen molar-refractivity contribution in [1.82, 2.24) is 5.32 Å². The van der Waals surface area contributed by atoms with Crippen LogP contribution in [-0.4, -0.2) is 38.1 Å². The Morgan fingerprint density at radius 2 is 1.89 bits per heavy atom. The minimum atomic E-state index is -0.0977. The van der Waals surface area contributed by atoms with Crippen molar-refractivity contribution in [2.45, 2.75) is 0 Å². The van der Waals surface area contributed by atoms with Gasteiger partial charge >= 0.3 is 0 Å². The lowest BCUT2D eigenvalue weighted by Crippen LogP contribution is -2.43. The van der Waals surface area contributed by atoms with Crippen molar-refractivity contribution < 1.29 is 0 Å². The second-order valence-corrected chi connectivity index (χ2v) is 4.26. The third-order valence-corrected chi connectivity index (χ3v) is 2.80. The fraction of sp³-hybridized carbons (Fsp3) is 0.333. The molecule has 0 bridgehead atoms. The van der Waals surface area contributed by atoms with E-state index in [1.165, 1.54) is 0 Å². The first-order chi connectivity index (χ1) is 9.15. The van der Waals surface area contributed by atoms with Crippen LogP contribution >= 0.6 is 0 Å². The molecule has 1 aromatic rings. The summed E-state index contributed by atoms with van der Waals surface area (Å²) in [6.07, 6.45) is 0. The Bertz CT molecular complexity index is 485. The number of piperazine rings is 1. The van der Waals surface area contributed by atoms with Gasteiger partial charge in [-0.05, 0) is 18.2 Å². The molecule has 0 spiro atoms. The first-order valence-electron chi connectivity index (χ1n) is 6.14. The van der Waals surface area contributed by atoms with Gasteiger partial charge in [0.25, 0.3) is 0 Å². The molecule has 0 radical (unpaired) electrons. The van der Waals surface area contributed by atoms with Crippen molar-refractivity contribution >= 4 is 23.3 Å². The molecule has 7 N–H and O–H groups in total. The highest BCUT2D eigenvalue weighted by Gasteiger charge is 2.10. The lowest BCUT2D eigenvalue weighted by atomic mass is 10.2. The molecule has 19 heavy (non-hydrogen) atoms. The Hall–Kier alpha value is -2.28. The molecule has 0 aromatic heterocycles. The van der Waals surface area contributed by atoms with E-state index in [1.54, 1.807) is 0 Å². The molecule has 7 nitrogen and oxygen atoms in total. The number of aliphatic imine (C=N–C) groups is 2. The Morgan fingerprint density at radius 1 is 1.16 bits per heavy atom. The number of nitrogens with two attached hydrogens (primary N) is 3. The van der Waals surface area contributed by atoms with E-state index >= 15 is 0 Å². The van der Waals surface area contributed by atoms with Gasteiger partial charge in [0.05, 0.1) is 5.69 Å². The molecule has 1 fully saturated rings. The molecule has 1 saturated heterocycles. The summed E-state index contributed by atoms with van der Waals surface area (Å²) in [5.41, 5.74) is 18.0. The van der Waals surface area contributed by atoms with E-state index in [-0.39, 0.29) is 11.9 Å². The highest BCUT2D eigenvalue weighted by molar-refractivity contribution is 5.93. The zero-order chi connectivity index (χ0) is 13.7. The fourth-order valence-corrected chi connectivity index (χ4v) is 1.97. The summed E-state index contributed by atoms with van der Waals surface area (Å²) >= 11 is 0. The van der Waals surface area contributed by atoms with Crippen LogP contribution in [0.4, 0.5) is 11.4 Å². The van der Waals surface area contributed by atoms with E-state index in [9.17, 15) is 0 Å². The van der Waals surface area contributed by atoms with Gasteiger partial charge in [0.2, 0.25) is 5.96 Å². The van der Waals surface area contributed by atoms with E-state index < -0.39 is 0 Å². The summed E-state index contributed by atoms with van der Waals surface area (Å²) in [6.45, 7) is 3.94. The molecule has 1 aliphatic rings. The molecule has 0 aliphatic carbocycles. The molecule has 102 valence electrons. The minimum absolute atomic E-state index is 0.0532. The molecule has 7 heteroatoms. The number of rotatable bonds is 2. The van der Waals surface area contributed by atoms with Crippen LogP contribution in [0.5, 0.6) is 0 Å². The number of nitrogens with zero attached hydrogens (tertiary/aromatic N) is 3. The van der Waals surface area contributed by atoms with E-state index in [2.05, 4.69) is 26.3 Å². The lowest BCUT2D eigenvalue weighted by Gasteiger charge is -2.29. The highest BCUT2D eigenvalue weighted by Crippen LogP contribution is 2.21. The fourth-order valence-electron chi connectivity index (χ4n) is 1.97. The van der Waals surface area contributed by atoms with E-state index in [4.69, 9.17) is 17.2 Å². The van der Waals surface area contributed by atoms with E-state index in [0.29, 0.717) is 0 Å². The summed E-state index contributed by atoms with van der Waals surface area (Å²) in [4.78, 5) is 10.1. The van der Waals surface area contributed by atoms with Gasteiger partial charge in [-0.25, -0.2) is 4.99 Å². The van der Waals surface area contributed by atoms with E-state index in [0.717, 1.165) is 37.6 Å². The zero-order valence-electron chi connectivity index (χ0n) is 10.7. The minimum Gasteiger partial charge on any atom is -0.370 e. The molecular weight excluding hydrogens is 242 g/mol. The van der Waals surface area contributed by atoms with Crippen LogP contribution in [0.2, 0.25) is 0 Å². The Labute approximate surface area is 112 Å². The standard InChI is InChI=1S/C12H19N7/c13-11(14)18-12(15)17-9-2-1-3-10(8-9)19-6-4-16-5-7-19/h1-3,8,16H,4-7H2,(H6,13,14,15,17,18). The van der Waals surface area contributed by atoms with Gasteiger partial charge in [-0.1, -0.05) is 6.07 Å². The van der Waals surface area contributed by atoms with Crippen LogP contribution in [-0.2, 0) is 0 Å². The number of hydrogen-bond acceptors (Lipinski definition) is 3. The Morgan fingerprint density at radius 3 is 2.58 bits per heavy atom. The first kappa shape index (κ1) is 13.2. The Balaban J connectivity index is 2.17. The van der Waals surface area contributed by atoms with Crippen LogP contribution in [0.15, 0.2) is 34.3 Å². The van der Waals surface area contributed by atoms with Gasteiger partial charge in [-0.3, -0.25) is 0 Å². The van der Waals surface area contributed by atoms with Gasteiger partial charge in [-0.2, -0.15) is 4.99 Å². The summed E-state index contributed by atoms with van der Waals surface area (Å²) in [5.74, 6) is -0.0445. The molecule has 0 atom stereocenters. The van der Waals surface area contributed by atoms with Crippen molar-refractivity contribution in [1.29, 1.82) is 0 Å². The van der Waals surface area contributed by atoms with Gasteiger partial charge in [0, 0.05) is 31.9 Å². The summed E-state index contributed by atoms with van der Waals surface area (Å²) in [5, 5.41) is 3.32. The van der Waals surface area contributed by atoms with Crippen molar-refractivity contribution in [2.75, 3.05) is 31.1 Å². The average Bonchev–Trinajstić information content (AvgIpc) is 2.39. The van der Waals surface area contributed by atoms with Crippen LogP contribution in [0.1, 0.15) is 0 Å². The number of guanidine groups is 2. The maximum absolute atomic E-state index is 5.61. The molecule has 1 aliphatic heterocycles. The maximum atomic E-state index is 5.61. The molecular formula is C12H19N7. The van der Waals surface area contributed by atoms with Gasteiger partial charge in [-0.15, -0.1) is 0 Å². The normalized spacial score (nSPS) is 16.2. The quantitative estimate of drug-likeness (QED) is 0.415. The predicted octanol–water partition coefficient (Wildman–Crippen LogP) is -0.684. The molecule has 1 aromatic carbocycles. The summed E-state index contributed by atoms with van der Waals surface area (Å²) < 4.78 is 0. The second-order valence-electron chi connectivity index (χ2n) is 4.26. The SMILES string of the molecule is NC(N)=NC(N)=Nc1cccc(N2CCNCC2)c1. The topological polar surface area (TPSA) is 118 Å². The van der Waals surface area contributed by atoms with Gasteiger partial charge in [0.1, 0.15) is 0 Å². The summed E-state index contributed by atoms with van der Waals surface area (Å²) in [7, 11) is 0. The lowest BCUT2D eigenvalue weighted by molar-refractivity contribution is 0.589. The summed E-state index contributed by atoms with van der Waals surface area (Å²) in [6, 6.07) is 7.83. The molecule has 0 unspecified atom stereocenters. The third kappa shape index (κ3) is 3.85. The smallest absolute Gasteiger partial charge is 0.223 e. The second kappa shape index (κ2) is 6.05. The van der Waals surface area contributed by atoms with Gasteiger partial charge in [0.15, 0.2) is 5.96 Å². The van der Waals surface area contributed by atoms with Crippen molar-refractivity contribution in [3.8, 4) is 0 Å². The van der Waals surface area contributed by atoms with Crippen molar-refractivity contribution in [3.63, 3.8) is 0 Å². The van der Waals surface area contributed by atoms with E-state index in [1.807, 2.05) is 18.2 Å². The molecule has 0 amide bonds. The van der Waals surface area contributed by atoms with Crippen LogP contribution in [0, 0.1) is 0 Å². The predicted molar refractivity (Wildman–Crippen MR) is 78.6 cm³/mol. The van der Waals surface area contributed by atoms with Crippen molar-refractivity contribution in [2.24, 2.45) is 27.2 Å². The molecule has 1 heterocycles. The molecule has 0 saturated carbocycles. The monoisotopic (exact) mass is 261 g/mol. The third-order valence-electron chi connectivity index (χ3n) is 2.80. The Kier molecular flexibility index (Phi) is 4.19. The number of benzene rings is 1. The number of nitrogens with one attached hydrogen (secondary N) is 1. The number of hydrogen-bond donors (Lipinski definition) is 4. The van der Waals surface area contributed by atoms with Crippen LogP contribution < -0.4 is 27.4 Å². The molecule has 2 rings (SSSR count).